The predicted octanol–water partition coefficient (Wildman–Crippen LogP) is 4.54. The monoisotopic (exact) mass is 257 g/mol. The first-order chi connectivity index (χ1) is 8.13. The standard InChI is InChI=1S/C14H21ClFN/c1-3-4-5-6-11(2)17-10-12-9-13(15)7-8-14(12)16/h7-9,11,17H,3-6,10H2,1-2H3. The molecular formula is C14H21ClFN. The van der Waals surface area contributed by atoms with Crippen molar-refractivity contribution in [1.29, 1.82) is 0 Å². The molecule has 0 amide bonds. The number of hydrogen-bond acceptors (Lipinski definition) is 1. The van der Waals surface area contributed by atoms with Gasteiger partial charge in [0.2, 0.25) is 0 Å². The van der Waals surface area contributed by atoms with Gasteiger partial charge in [-0.3, -0.25) is 0 Å². The summed E-state index contributed by atoms with van der Waals surface area (Å²) in [7, 11) is 0. The molecule has 0 fully saturated rings. The molecule has 0 aliphatic carbocycles. The minimum Gasteiger partial charge on any atom is -0.310 e. The van der Waals surface area contributed by atoms with Crippen molar-refractivity contribution in [2.24, 2.45) is 0 Å². The number of halogens is 2. The van der Waals surface area contributed by atoms with E-state index in [4.69, 9.17) is 11.6 Å². The van der Waals surface area contributed by atoms with E-state index >= 15 is 0 Å². The third-order valence-electron chi connectivity index (χ3n) is 2.89. The van der Waals surface area contributed by atoms with Gasteiger partial charge in [0.05, 0.1) is 0 Å². The Kier molecular flexibility index (Phi) is 6.53. The van der Waals surface area contributed by atoms with Gasteiger partial charge in [0.15, 0.2) is 0 Å². The Balaban J connectivity index is 2.36. The molecular weight excluding hydrogens is 237 g/mol. The van der Waals surface area contributed by atoms with Gasteiger partial charge in [0.1, 0.15) is 5.82 Å². The molecule has 0 saturated heterocycles. The fraction of sp³-hybridized carbons (Fsp3) is 0.571. The molecule has 1 nitrogen and oxygen atoms in total. The molecule has 0 aliphatic rings. The zero-order valence-corrected chi connectivity index (χ0v) is 11.4. The van der Waals surface area contributed by atoms with E-state index in [1.165, 1.54) is 25.3 Å². The lowest BCUT2D eigenvalue weighted by molar-refractivity contribution is 0.479. The van der Waals surface area contributed by atoms with Crippen molar-refractivity contribution in [3.05, 3.63) is 34.6 Å². The third kappa shape index (κ3) is 5.51. The van der Waals surface area contributed by atoms with E-state index in [0.29, 0.717) is 23.2 Å². The Morgan fingerprint density at radius 3 is 2.82 bits per heavy atom. The Hall–Kier alpha value is -0.600. The van der Waals surface area contributed by atoms with E-state index in [0.717, 1.165) is 6.42 Å². The Labute approximate surface area is 108 Å². The summed E-state index contributed by atoms with van der Waals surface area (Å²) >= 11 is 5.84. The molecule has 0 heterocycles. The van der Waals surface area contributed by atoms with Gasteiger partial charge in [-0.15, -0.1) is 0 Å². The summed E-state index contributed by atoms with van der Waals surface area (Å²) < 4.78 is 13.4. The molecule has 0 bridgehead atoms. The number of unbranched alkanes of at least 4 members (excludes halogenated alkanes) is 2. The topological polar surface area (TPSA) is 12.0 Å². The minimum absolute atomic E-state index is 0.192. The van der Waals surface area contributed by atoms with Crippen molar-refractivity contribution < 1.29 is 4.39 Å². The molecule has 1 N–H and O–H groups in total. The van der Waals surface area contributed by atoms with E-state index in [2.05, 4.69) is 19.2 Å². The van der Waals surface area contributed by atoms with E-state index in [1.807, 2.05) is 0 Å². The number of rotatable bonds is 7. The first-order valence-electron chi connectivity index (χ1n) is 6.30. The van der Waals surface area contributed by atoms with Gasteiger partial charge in [0.25, 0.3) is 0 Å². The SMILES string of the molecule is CCCCCC(C)NCc1cc(Cl)ccc1F. The van der Waals surface area contributed by atoms with Crippen LogP contribution in [0.4, 0.5) is 4.39 Å². The zero-order valence-electron chi connectivity index (χ0n) is 10.6. The summed E-state index contributed by atoms with van der Waals surface area (Å²) in [5, 5.41) is 3.91. The summed E-state index contributed by atoms with van der Waals surface area (Å²) in [5.41, 5.74) is 0.639. The molecule has 1 unspecified atom stereocenters. The molecule has 1 aromatic carbocycles. The second-order valence-electron chi connectivity index (χ2n) is 4.51. The summed E-state index contributed by atoms with van der Waals surface area (Å²) in [6, 6.07) is 5.09. The van der Waals surface area contributed by atoms with E-state index in [9.17, 15) is 4.39 Å². The largest absolute Gasteiger partial charge is 0.310 e. The zero-order chi connectivity index (χ0) is 12.7. The maximum absolute atomic E-state index is 13.4. The van der Waals surface area contributed by atoms with Gasteiger partial charge >= 0.3 is 0 Å². The molecule has 17 heavy (non-hydrogen) atoms. The van der Waals surface area contributed by atoms with Crippen molar-refractivity contribution >= 4 is 11.6 Å². The summed E-state index contributed by atoms with van der Waals surface area (Å²) in [4.78, 5) is 0. The van der Waals surface area contributed by atoms with Gasteiger partial charge in [-0.1, -0.05) is 37.8 Å². The van der Waals surface area contributed by atoms with Crippen molar-refractivity contribution in [3.8, 4) is 0 Å². The van der Waals surface area contributed by atoms with Crippen LogP contribution in [0.2, 0.25) is 5.02 Å². The van der Waals surface area contributed by atoms with Crippen molar-refractivity contribution in [2.45, 2.75) is 52.1 Å². The third-order valence-corrected chi connectivity index (χ3v) is 3.12. The van der Waals surface area contributed by atoms with Crippen molar-refractivity contribution in [2.75, 3.05) is 0 Å². The molecule has 0 aromatic heterocycles. The van der Waals surface area contributed by atoms with Crippen LogP contribution < -0.4 is 5.32 Å². The molecule has 1 rings (SSSR count). The van der Waals surface area contributed by atoms with Crippen LogP contribution in [0.25, 0.3) is 0 Å². The van der Waals surface area contributed by atoms with Crippen LogP contribution in [0.15, 0.2) is 18.2 Å². The molecule has 0 spiro atoms. The number of nitrogens with one attached hydrogen (secondary N) is 1. The van der Waals surface area contributed by atoms with E-state index in [-0.39, 0.29) is 5.82 Å². The minimum atomic E-state index is -0.192. The molecule has 1 aromatic rings. The highest BCUT2D eigenvalue weighted by molar-refractivity contribution is 6.30. The lowest BCUT2D eigenvalue weighted by Gasteiger charge is -2.14. The van der Waals surface area contributed by atoms with Crippen molar-refractivity contribution in [1.82, 2.24) is 5.32 Å². The average molecular weight is 258 g/mol. The maximum atomic E-state index is 13.4. The fourth-order valence-electron chi connectivity index (χ4n) is 1.77. The predicted molar refractivity (Wildman–Crippen MR) is 71.9 cm³/mol. The van der Waals surface area contributed by atoms with Gasteiger partial charge < -0.3 is 5.32 Å². The second-order valence-corrected chi connectivity index (χ2v) is 4.95. The van der Waals surface area contributed by atoms with Crippen LogP contribution in [-0.2, 0) is 6.54 Å². The molecule has 1 atom stereocenters. The Bertz CT molecular complexity index is 341. The first-order valence-corrected chi connectivity index (χ1v) is 6.68. The number of hydrogen-bond donors (Lipinski definition) is 1. The fourth-order valence-corrected chi connectivity index (χ4v) is 1.96. The van der Waals surface area contributed by atoms with Crippen LogP contribution in [0, 0.1) is 5.82 Å². The first kappa shape index (κ1) is 14.5. The van der Waals surface area contributed by atoms with E-state index in [1.54, 1.807) is 12.1 Å². The van der Waals surface area contributed by atoms with Crippen LogP contribution in [-0.4, -0.2) is 6.04 Å². The maximum Gasteiger partial charge on any atom is 0.127 e. The highest BCUT2D eigenvalue weighted by Gasteiger charge is 2.05. The van der Waals surface area contributed by atoms with E-state index < -0.39 is 0 Å². The van der Waals surface area contributed by atoms with Crippen LogP contribution in [0.1, 0.15) is 45.1 Å². The van der Waals surface area contributed by atoms with Crippen LogP contribution in [0.3, 0.4) is 0 Å². The Morgan fingerprint density at radius 1 is 1.35 bits per heavy atom. The average Bonchev–Trinajstić information content (AvgIpc) is 2.31. The molecule has 96 valence electrons. The summed E-state index contributed by atoms with van der Waals surface area (Å²) in [6.07, 6.45) is 4.85. The highest BCUT2D eigenvalue weighted by atomic mass is 35.5. The van der Waals surface area contributed by atoms with Crippen LogP contribution >= 0.6 is 11.6 Å². The van der Waals surface area contributed by atoms with Gasteiger partial charge in [-0.05, 0) is 31.5 Å². The summed E-state index contributed by atoms with van der Waals surface area (Å²) in [6.45, 7) is 4.87. The second kappa shape index (κ2) is 7.67. The highest BCUT2D eigenvalue weighted by Crippen LogP contribution is 2.15. The molecule has 3 heteroatoms. The van der Waals surface area contributed by atoms with Gasteiger partial charge in [-0.2, -0.15) is 0 Å². The molecule has 0 radical (unpaired) electrons. The van der Waals surface area contributed by atoms with Gasteiger partial charge in [0, 0.05) is 23.2 Å². The molecule has 0 saturated carbocycles. The molecule has 0 aliphatic heterocycles. The number of benzene rings is 1. The van der Waals surface area contributed by atoms with Crippen LogP contribution in [0.5, 0.6) is 0 Å². The quantitative estimate of drug-likeness (QED) is 0.708. The van der Waals surface area contributed by atoms with Gasteiger partial charge in [-0.25, -0.2) is 4.39 Å². The lowest BCUT2D eigenvalue weighted by Crippen LogP contribution is -2.25. The smallest absolute Gasteiger partial charge is 0.127 e. The summed E-state index contributed by atoms with van der Waals surface area (Å²) in [5.74, 6) is -0.192. The normalized spacial score (nSPS) is 12.7. The van der Waals surface area contributed by atoms with Crippen molar-refractivity contribution in [3.63, 3.8) is 0 Å². The lowest BCUT2D eigenvalue weighted by atomic mass is 10.1. The Morgan fingerprint density at radius 2 is 2.12 bits per heavy atom.